The fourth-order valence-corrected chi connectivity index (χ4v) is 1.37. The number of carbonyl (C=O) groups is 1. The van der Waals surface area contributed by atoms with E-state index in [0.717, 1.165) is 5.56 Å². The lowest BCUT2D eigenvalue weighted by atomic mass is 10.1. The van der Waals surface area contributed by atoms with Gasteiger partial charge >= 0.3 is 6.03 Å². The zero-order chi connectivity index (χ0) is 10.6. The van der Waals surface area contributed by atoms with Crippen molar-refractivity contribution in [3.05, 3.63) is 34.9 Å². The van der Waals surface area contributed by atoms with E-state index >= 15 is 0 Å². The van der Waals surface area contributed by atoms with E-state index in [2.05, 4.69) is 5.32 Å². The molecule has 4 nitrogen and oxygen atoms in total. The first kappa shape index (κ1) is 14.0. The van der Waals surface area contributed by atoms with E-state index < -0.39 is 6.03 Å². The van der Waals surface area contributed by atoms with Gasteiger partial charge < -0.3 is 16.8 Å². The molecule has 84 valence electrons. The van der Waals surface area contributed by atoms with Crippen LogP contribution in [0.25, 0.3) is 0 Å². The van der Waals surface area contributed by atoms with Crippen molar-refractivity contribution in [2.75, 3.05) is 6.54 Å². The van der Waals surface area contributed by atoms with E-state index in [0.29, 0.717) is 5.02 Å². The smallest absolute Gasteiger partial charge is 0.312 e. The van der Waals surface area contributed by atoms with Crippen LogP contribution in [0.3, 0.4) is 0 Å². The normalized spacial score (nSPS) is 11.3. The Labute approximate surface area is 99.4 Å². The van der Waals surface area contributed by atoms with Gasteiger partial charge in [-0.2, -0.15) is 0 Å². The van der Waals surface area contributed by atoms with Gasteiger partial charge in [0.15, 0.2) is 0 Å². The maximum atomic E-state index is 10.4. The first-order chi connectivity index (χ1) is 6.61. The highest BCUT2D eigenvalue weighted by Crippen LogP contribution is 2.20. The van der Waals surface area contributed by atoms with Gasteiger partial charge in [0.25, 0.3) is 0 Å². The van der Waals surface area contributed by atoms with Crippen LogP contribution in [0, 0.1) is 0 Å². The number of hydrogen-bond donors (Lipinski definition) is 3. The molecule has 0 bridgehead atoms. The number of nitrogens with two attached hydrogens (primary N) is 2. The second-order valence-corrected chi connectivity index (χ2v) is 3.28. The Morgan fingerprint density at radius 1 is 1.47 bits per heavy atom. The molecular weight excluding hydrogens is 237 g/mol. The minimum absolute atomic E-state index is 0. The molecule has 0 saturated heterocycles. The van der Waals surface area contributed by atoms with Gasteiger partial charge in [0.2, 0.25) is 0 Å². The van der Waals surface area contributed by atoms with Crippen molar-refractivity contribution in [1.29, 1.82) is 0 Å². The molecule has 6 heteroatoms. The first-order valence-electron chi connectivity index (χ1n) is 4.14. The molecule has 15 heavy (non-hydrogen) atoms. The maximum absolute atomic E-state index is 10.4. The van der Waals surface area contributed by atoms with Crippen LogP contribution in [0.4, 0.5) is 4.79 Å². The van der Waals surface area contributed by atoms with E-state index in [-0.39, 0.29) is 25.0 Å². The van der Waals surface area contributed by atoms with Crippen LogP contribution in [0.15, 0.2) is 24.3 Å². The highest BCUT2D eigenvalue weighted by Gasteiger charge is 2.09. The SMILES string of the molecule is Cl.NC(=O)NCC(N)c1ccccc1Cl. The van der Waals surface area contributed by atoms with E-state index in [1.807, 2.05) is 18.2 Å². The fraction of sp³-hybridized carbons (Fsp3) is 0.222. The quantitative estimate of drug-likeness (QED) is 0.758. The van der Waals surface area contributed by atoms with Gasteiger partial charge in [0, 0.05) is 17.6 Å². The summed E-state index contributed by atoms with van der Waals surface area (Å²) >= 11 is 5.91. The summed E-state index contributed by atoms with van der Waals surface area (Å²) in [6.45, 7) is 0.277. The number of benzene rings is 1. The molecule has 1 aromatic carbocycles. The minimum atomic E-state index is -0.590. The monoisotopic (exact) mass is 249 g/mol. The Kier molecular flexibility index (Phi) is 6.08. The summed E-state index contributed by atoms with van der Waals surface area (Å²) in [5, 5.41) is 3.02. The van der Waals surface area contributed by atoms with Crippen LogP contribution in [0.1, 0.15) is 11.6 Å². The first-order valence-corrected chi connectivity index (χ1v) is 4.52. The van der Waals surface area contributed by atoms with Crippen LogP contribution in [0.5, 0.6) is 0 Å². The summed E-state index contributed by atoms with van der Waals surface area (Å²) in [6, 6.07) is 6.30. The van der Waals surface area contributed by atoms with Crippen molar-refractivity contribution in [1.82, 2.24) is 5.32 Å². The Bertz CT molecular complexity index is 333. The number of amides is 2. The van der Waals surface area contributed by atoms with Gasteiger partial charge in [-0.05, 0) is 11.6 Å². The van der Waals surface area contributed by atoms with Crippen molar-refractivity contribution in [2.45, 2.75) is 6.04 Å². The van der Waals surface area contributed by atoms with Crippen molar-refractivity contribution < 1.29 is 4.79 Å². The molecule has 1 rings (SSSR count). The summed E-state index contributed by atoms with van der Waals surface area (Å²) < 4.78 is 0. The van der Waals surface area contributed by atoms with E-state index in [1.165, 1.54) is 0 Å². The zero-order valence-electron chi connectivity index (χ0n) is 7.94. The molecule has 0 radical (unpaired) electrons. The number of primary amides is 1. The number of urea groups is 1. The van der Waals surface area contributed by atoms with E-state index in [9.17, 15) is 4.79 Å². The molecule has 5 N–H and O–H groups in total. The van der Waals surface area contributed by atoms with Gasteiger partial charge in [-0.25, -0.2) is 4.79 Å². The molecule has 0 aliphatic rings. The molecule has 0 saturated carbocycles. The fourth-order valence-electron chi connectivity index (χ4n) is 1.10. The predicted octanol–water partition coefficient (Wildman–Crippen LogP) is 1.43. The second-order valence-electron chi connectivity index (χ2n) is 2.87. The summed E-state index contributed by atoms with van der Waals surface area (Å²) in [4.78, 5) is 10.4. The van der Waals surface area contributed by atoms with Gasteiger partial charge in [-0.15, -0.1) is 12.4 Å². The van der Waals surface area contributed by atoms with Gasteiger partial charge in [-0.3, -0.25) is 0 Å². The number of rotatable bonds is 3. The zero-order valence-corrected chi connectivity index (χ0v) is 9.52. The third-order valence-electron chi connectivity index (χ3n) is 1.80. The van der Waals surface area contributed by atoms with Crippen LogP contribution in [0.2, 0.25) is 5.02 Å². The van der Waals surface area contributed by atoms with Crippen molar-refractivity contribution in [2.24, 2.45) is 11.5 Å². The third kappa shape index (κ3) is 4.38. The van der Waals surface area contributed by atoms with Crippen molar-refractivity contribution in [3.8, 4) is 0 Å². The van der Waals surface area contributed by atoms with Crippen molar-refractivity contribution >= 4 is 30.0 Å². The van der Waals surface area contributed by atoms with E-state index in [1.54, 1.807) is 6.07 Å². The molecule has 0 heterocycles. The number of nitrogens with one attached hydrogen (secondary N) is 1. The molecule has 0 aliphatic heterocycles. The number of hydrogen-bond acceptors (Lipinski definition) is 2. The highest BCUT2D eigenvalue weighted by molar-refractivity contribution is 6.31. The van der Waals surface area contributed by atoms with Gasteiger partial charge in [0.05, 0.1) is 0 Å². The largest absolute Gasteiger partial charge is 0.352 e. The molecule has 1 unspecified atom stereocenters. The van der Waals surface area contributed by atoms with Crippen LogP contribution < -0.4 is 16.8 Å². The average Bonchev–Trinajstić information content (AvgIpc) is 2.15. The Morgan fingerprint density at radius 3 is 2.60 bits per heavy atom. The Balaban J connectivity index is 0.00000196. The Morgan fingerprint density at radius 2 is 2.07 bits per heavy atom. The van der Waals surface area contributed by atoms with Crippen molar-refractivity contribution in [3.63, 3.8) is 0 Å². The molecule has 1 atom stereocenters. The summed E-state index contributed by atoms with van der Waals surface area (Å²) in [5.41, 5.74) is 11.5. The molecule has 0 fully saturated rings. The van der Waals surface area contributed by atoms with Crippen LogP contribution in [-0.4, -0.2) is 12.6 Å². The molecule has 0 aliphatic carbocycles. The number of carbonyl (C=O) groups excluding carboxylic acids is 1. The lowest BCUT2D eigenvalue weighted by Crippen LogP contribution is -2.35. The summed E-state index contributed by atoms with van der Waals surface area (Å²) in [6.07, 6.45) is 0. The topological polar surface area (TPSA) is 81.1 Å². The lowest BCUT2D eigenvalue weighted by molar-refractivity contribution is 0.248. The predicted molar refractivity (Wildman–Crippen MR) is 63.2 cm³/mol. The van der Waals surface area contributed by atoms with Gasteiger partial charge in [-0.1, -0.05) is 29.8 Å². The van der Waals surface area contributed by atoms with E-state index in [4.69, 9.17) is 23.1 Å². The highest BCUT2D eigenvalue weighted by atomic mass is 35.5. The summed E-state index contributed by atoms with van der Waals surface area (Å²) in [7, 11) is 0. The summed E-state index contributed by atoms with van der Waals surface area (Å²) in [5.74, 6) is 0. The van der Waals surface area contributed by atoms with Gasteiger partial charge in [0.1, 0.15) is 0 Å². The third-order valence-corrected chi connectivity index (χ3v) is 2.15. The molecule has 1 aromatic rings. The minimum Gasteiger partial charge on any atom is -0.352 e. The maximum Gasteiger partial charge on any atom is 0.312 e. The second kappa shape index (κ2) is 6.50. The number of halogens is 2. The molecule has 0 aromatic heterocycles. The molecule has 2 amide bonds. The standard InChI is InChI=1S/C9H12ClN3O.ClH/c10-7-4-2-1-3-6(7)8(11)5-13-9(12)14;/h1-4,8H,5,11H2,(H3,12,13,14);1H. The lowest BCUT2D eigenvalue weighted by Gasteiger charge is -2.13. The average molecular weight is 250 g/mol. The Hall–Kier alpha value is -0.970. The van der Waals surface area contributed by atoms with Crippen LogP contribution in [-0.2, 0) is 0 Å². The molecular formula is C9H13Cl2N3O. The van der Waals surface area contributed by atoms with Crippen LogP contribution >= 0.6 is 24.0 Å². The molecule has 0 spiro atoms.